The van der Waals surface area contributed by atoms with Crippen molar-refractivity contribution in [3.63, 3.8) is 0 Å². The molecular weight excluding hydrogens is 1430 g/mol. The van der Waals surface area contributed by atoms with Gasteiger partial charge in [0.2, 0.25) is 16.5 Å². The Bertz CT molecular complexity index is 4060. The molecule has 0 amide bonds. The van der Waals surface area contributed by atoms with Crippen LogP contribution in [-0.4, -0.2) is 107 Å². The molecule has 2 aliphatic heterocycles. The Morgan fingerprint density at radius 2 is 1.03 bits per heavy atom. The Hall–Kier alpha value is -5.91. The topological polar surface area (TPSA) is 237 Å². The highest BCUT2D eigenvalue weighted by Gasteiger charge is 2.28. The van der Waals surface area contributed by atoms with Gasteiger partial charge >= 0.3 is 0 Å². The number of rotatable bonds is 10. The van der Waals surface area contributed by atoms with Crippen LogP contribution < -0.4 is 26.6 Å². The average Bonchev–Trinajstić information content (AvgIpc) is 2.30. The Kier molecular flexibility index (Phi) is 25.4. The summed E-state index contributed by atoms with van der Waals surface area (Å²) in [6.45, 7) is 2.35. The standard InChI is InChI=1S/C20H19BrN6OS.C15H9BrClN5S.C9H9N3.C6HBrCl2N2S.C5H11NO.2CH4.ClH/c21-15-11-29-18-17(15)24-20(27-8-4-7-14(27)10-28)25-19(18)23-16-9-26(12-22-16)13-5-2-1-3-6-13;16-10-7-23-13-12(10)20-15(17)21-14(13)19-11-6-22(8-18-11)9-4-2-1-3-5-9;10-9-6-12(7-11-9)8-4-2-1-3-5-8;7-2-1-12-4-3(2)10-6(9)11-5(4)8;7-4-5-2-1-3-6-5;;;/h1-3,5-6,9,11-12,14,28H,4,7-8,10H2,(H,23,24,25);1-8H,(H,19,20,21);1-7H,10H2;1H;5-7H,1-4H2;2*1H4;1H/t14-;;;;5-;;;/m0...0.../s1. The predicted octanol–water partition coefficient (Wildman–Crippen LogP) is 16.0. The molecule has 3 aromatic carbocycles. The highest BCUT2D eigenvalue weighted by Crippen LogP contribution is 2.38. The van der Waals surface area contributed by atoms with Gasteiger partial charge in [0.25, 0.3) is 0 Å². The van der Waals surface area contributed by atoms with Crippen LogP contribution >= 0.6 is 129 Å². The number of para-hydroxylation sites is 3. The van der Waals surface area contributed by atoms with E-state index in [1.54, 1.807) is 47.9 Å². The van der Waals surface area contributed by atoms with Crippen LogP contribution in [0.2, 0.25) is 15.7 Å². The van der Waals surface area contributed by atoms with Crippen molar-refractivity contribution in [2.45, 2.75) is 52.6 Å². The molecule has 11 heterocycles. The van der Waals surface area contributed by atoms with E-state index in [9.17, 15) is 5.11 Å². The molecule has 86 heavy (non-hydrogen) atoms. The first-order valence-electron chi connectivity index (χ1n) is 25.5. The molecule has 9 aromatic heterocycles. The Balaban J connectivity index is 0.000000165. The number of halogens is 7. The second-order valence-corrected chi connectivity index (χ2v) is 24.5. The molecule has 2 atom stereocenters. The summed E-state index contributed by atoms with van der Waals surface area (Å²) in [5.41, 5.74) is 11.1. The first kappa shape index (κ1) is 67.6. The molecule has 0 saturated carbocycles. The Morgan fingerprint density at radius 1 is 0.570 bits per heavy atom. The van der Waals surface area contributed by atoms with Crippen LogP contribution in [0.5, 0.6) is 0 Å². The molecule has 0 aliphatic carbocycles. The van der Waals surface area contributed by atoms with Crippen molar-refractivity contribution in [1.82, 2.24) is 63.9 Å². The second kappa shape index (κ2) is 32.4. The summed E-state index contributed by atoms with van der Waals surface area (Å²) in [6.07, 6.45) is 15.2. The van der Waals surface area contributed by atoms with Crippen molar-refractivity contribution in [1.29, 1.82) is 0 Å². The molecule has 2 saturated heterocycles. The smallest absolute Gasteiger partial charge is 0.228 e. The molecular formula is C57H58Br3Cl4N17O2S3. The van der Waals surface area contributed by atoms with Crippen molar-refractivity contribution < 1.29 is 10.2 Å². The van der Waals surface area contributed by atoms with E-state index in [2.05, 4.69) is 104 Å². The number of benzene rings is 3. The number of aliphatic hydroxyl groups excluding tert-OH is 2. The zero-order chi connectivity index (χ0) is 57.8. The van der Waals surface area contributed by atoms with Gasteiger partial charge in [-0.3, -0.25) is 0 Å². The monoisotopic (exact) mass is 1490 g/mol. The number of imidazole rings is 3. The number of thiophene rings is 3. The largest absolute Gasteiger partial charge is 0.395 e. The number of anilines is 6. The van der Waals surface area contributed by atoms with E-state index in [1.165, 1.54) is 17.8 Å². The molecule has 2 aliphatic rings. The van der Waals surface area contributed by atoms with E-state index >= 15 is 0 Å². The first-order valence-corrected chi connectivity index (χ1v) is 31.7. The van der Waals surface area contributed by atoms with Crippen LogP contribution in [0.4, 0.5) is 35.0 Å². The lowest BCUT2D eigenvalue weighted by atomic mass is 10.2. The minimum absolute atomic E-state index is 0. The summed E-state index contributed by atoms with van der Waals surface area (Å²) in [7, 11) is 0. The molecule has 12 aromatic rings. The maximum atomic E-state index is 9.71. The number of aromatic nitrogens is 12. The van der Waals surface area contributed by atoms with Crippen LogP contribution in [0.25, 0.3) is 47.7 Å². The highest BCUT2D eigenvalue weighted by molar-refractivity contribution is 9.11. The third-order valence-corrected chi connectivity index (χ3v) is 19.0. The summed E-state index contributed by atoms with van der Waals surface area (Å²) < 4.78 is 11.3. The SMILES string of the molecule is C.C.Cl.Clc1nc(Cl)c2scc(Br)c2n1.Clc1nc(Nc2cn(-c3ccccc3)cn2)c2scc(Br)c2n1.Nc1cn(-c2ccccc2)cn1.OC[C@@H]1CCCN1.OC[C@@H]1CCCN1c1nc(Nc2cn(-c3ccccc3)cn2)c2scc(Br)c2n1. The third kappa shape index (κ3) is 17.0. The van der Waals surface area contributed by atoms with Gasteiger partial charge in [0.1, 0.15) is 53.0 Å². The zero-order valence-corrected chi connectivity index (χ0v) is 54.1. The van der Waals surface area contributed by atoms with Crippen LogP contribution in [0, 0.1) is 0 Å². The van der Waals surface area contributed by atoms with Crippen molar-refractivity contribution in [3.05, 3.63) is 174 Å². The van der Waals surface area contributed by atoms with E-state index in [0.717, 1.165) is 99.3 Å². The number of nitrogens with zero attached hydrogens (tertiary/aromatic N) is 13. The van der Waals surface area contributed by atoms with E-state index in [4.69, 9.17) is 55.6 Å². The normalized spacial score (nSPS) is 14.0. The maximum absolute atomic E-state index is 9.71. The number of nitrogens with one attached hydrogen (secondary N) is 3. The van der Waals surface area contributed by atoms with Crippen LogP contribution in [-0.2, 0) is 0 Å². The van der Waals surface area contributed by atoms with Crippen LogP contribution in [0.3, 0.4) is 0 Å². The minimum atomic E-state index is 0. The molecule has 0 spiro atoms. The van der Waals surface area contributed by atoms with Gasteiger partial charge in [-0.05, 0) is 140 Å². The van der Waals surface area contributed by atoms with Crippen LogP contribution in [0.15, 0.2) is 158 Å². The number of hydrogen-bond acceptors (Lipinski definition) is 19. The molecule has 0 unspecified atom stereocenters. The van der Waals surface area contributed by atoms with Gasteiger partial charge < -0.3 is 50.5 Å². The molecule has 19 nitrogen and oxygen atoms in total. The Morgan fingerprint density at radius 3 is 1.50 bits per heavy atom. The number of nitrogen functional groups attached to an aromatic ring is 1. The minimum Gasteiger partial charge on any atom is -0.395 e. The van der Waals surface area contributed by atoms with Crippen molar-refractivity contribution in [2.75, 3.05) is 47.6 Å². The maximum Gasteiger partial charge on any atom is 0.228 e. The summed E-state index contributed by atoms with van der Waals surface area (Å²) in [4.78, 5) is 40.8. The van der Waals surface area contributed by atoms with E-state index in [1.807, 2.05) is 133 Å². The third-order valence-electron chi connectivity index (χ3n) is 12.7. The summed E-state index contributed by atoms with van der Waals surface area (Å²) >= 11 is 32.5. The fourth-order valence-electron chi connectivity index (χ4n) is 8.65. The molecule has 29 heteroatoms. The van der Waals surface area contributed by atoms with E-state index in [-0.39, 0.29) is 50.5 Å². The van der Waals surface area contributed by atoms with Gasteiger partial charge in [-0.2, -0.15) is 9.97 Å². The van der Waals surface area contributed by atoms with Crippen LogP contribution in [0.1, 0.15) is 40.5 Å². The number of hydrogen-bond donors (Lipinski definition) is 6. The number of aliphatic hydroxyl groups is 2. The highest BCUT2D eigenvalue weighted by atomic mass is 79.9. The summed E-state index contributed by atoms with van der Waals surface area (Å²) in [6, 6.07) is 30.4. The average molecular weight is 1490 g/mol. The summed E-state index contributed by atoms with van der Waals surface area (Å²) in [5.74, 6) is 3.95. The fourth-order valence-corrected chi connectivity index (χ4v) is 13.8. The fraction of sp³-hybridized carbons (Fsp3) is 0.211. The summed E-state index contributed by atoms with van der Waals surface area (Å²) in [5, 5.41) is 34.6. The van der Waals surface area contributed by atoms with Gasteiger partial charge in [-0.15, -0.1) is 46.4 Å². The number of nitrogens with two attached hydrogens (primary N) is 1. The quantitative estimate of drug-likeness (QED) is 0.0551. The van der Waals surface area contributed by atoms with Crippen molar-refractivity contribution in [3.8, 4) is 17.1 Å². The number of fused-ring (bicyclic) bond motifs is 3. The molecule has 0 bridgehead atoms. The van der Waals surface area contributed by atoms with Gasteiger partial charge in [-0.1, -0.05) is 81.1 Å². The lowest BCUT2D eigenvalue weighted by molar-refractivity contribution is 0.255. The van der Waals surface area contributed by atoms with Crippen molar-refractivity contribution >= 4 is 195 Å². The molecule has 450 valence electrons. The molecule has 0 radical (unpaired) electrons. The second-order valence-electron chi connectivity index (χ2n) is 18.2. The van der Waals surface area contributed by atoms with Gasteiger partial charge in [-0.25, -0.2) is 34.9 Å². The zero-order valence-electron chi connectivity index (χ0n) is 43.9. The van der Waals surface area contributed by atoms with E-state index < -0.39 is 0 Å². The predicted molar refractivity (Wildman–Crippen MR) is 368 cm³/mol. The first-order chi connectivity index (χ1) is 40.4. The molecule has 7 N–H and O–H groups in total. The molecule has 14 rings (SSSR count). The molecule has 2 fully saturated rings. The van der Waals surface area contributed by atoms with Crippen molar-refractivity contribution in [2.24, 2.45) is 0 Å². The lowest BCUT2D eigenvalue weighted by Crippen LogP contribution is -2.33. The van der Waals surface area contributed by atoms with Gasteiger partial charge in [0.05, 0.1) is 65.4 Å². The Labute approximate surface area is 554 Å². The van der Waals surface area contributed by atoms with Gasteiger partial charge in [0, 0.05) is 45.8 Å². The lowest BCUT2D eigenvalue weighted by Gasteiger charge is -2.23. The van der Waals surface area contributed by atoms with Gasteiger partial charge in [0.15, 0.2) is 16.8 Å². The van der Waals surface area contributed by atoms with E-state index in [0.29, 0.717) is 47.0 Å².